The number of ether oxygens (including phenoxy) is 1. The topological polar surface area (TPSA) is 29.5 Å². The van der Waals surface area contributed by atoms with Crippen LogP contribution in [0.5, 0.6) is 0 Å². The molecule has 17 heavy (non-hydrogen) atoms. The molecule has 2 nitrogen and oxygen atoms in total. The minimum Gasteiger partial charge on any atom is -0.393 e. The van der Waals surface area contributed by atoms with Crippen LogP contribution in [0.25, 0.3) is 0 Å². The fraction of sp³-hybridized carbons (Fsp3) is 0.733. The summed E-state index contributed by atoms with van der Waals surface area (Å²) in [5, 5.41) is 9.83. The van der Waals surface area contributed by atoms with Crippen molar-refractivity contribution in [2.24, 2.45) is 17.8 Å². The van der Waals surface area contributed by atoms with Crippen LogP contribution in [0.2, 0.25) is 0 Å². The molecule has 1 aliphatic heterocycles. The molecule has 3 aliphatic rings. The van der Waals surface area contributed by atoms with Crippen LogP contribution in [0.3, 0.4) is 0 Å². The minimum absolute atomic E-state index is 0.104. The summed E-state index contributed by atoms with van der Waals surface area (Å²) < 4.78 is 5.95. The second kappa shape index (κ2) is 3.69. The lowest BCUT2D eigenvalue weighted by Crippen LogP contribution is -2.45. The van der Waals surface area contributed by atoms with Gasteiger partial charge in [0.05, 0.1) is 13.2 Å². The normalized spacial score (nSPS) is 45.1. The Kier molecular flexibility index (Phi) is 2.50. The van der Waals surface area contributed by atoms with Gasteiger partial charge in [-0.1, -0.05) is 19.1 Å². The van der Waals surface area contributed by atoms with Gasteiger partial charge in [-0.05, 0) is 49.2 Å². The second-order valence-electron chi connectivity index (χ2n) is 6.06. The van der Waals surface area contributed by atoms with Crippen LogP contribution in [0.4, 0.5) is 0 Å². The molecule has 0 aromatic heterocycles. The van der Waals surface area contributed by atoms with Crippen LogP contribution in [-0.2, 0) is 4.74 Å². The third-order valence-electron chi connectivity index (χ3n) is 5.42. The number of hydrogen-bond donors (Lipinski definition) is 1. The highest BCUT2D eigenvalue weighted by atomic mass is 16.5. The van der Waals surface area contributed by atoms with Gasteiger partial charge in [0, 0.05) is 5.92 Å². The minimum atomic E-state index is -0.424. The van der Waals surface area contributed by atoms with E-state index >= 15 is 0 Å². The molecule has 0 unspecified atom stereocenters. The summed E-state index contributed by atoms with van der Waals surface area (Å²) in [6, 6.07) is 0. The maximum atomic E-state index is 9.83. The summed E-state index contributed by atoms with van der Waals surface area (Å²) in [6.07, 6.45) is 3.62. The molecule has 0 amide bonds. The van der Waals surface area contributed by atoms with Crippen LogP contribution in [-0.4, -0.2) is 23.9 Å². The van der Waals surface area contributed by atoms with Crippen molar-refractivity contribution in [2.45, 2.75) is 38.7 Å². The van der Waals surface area contributed by atoms with E-state index in [4.69, 9.17) is 4.74 Å². The van der Waals surface area contributed by atoms with E-state index in [1.807, 2.05) is 0 Å². The van der Waals surface area contributed by atoms with Gasteiger partial charge in [0.15, 0.2) is 0 Å². The van der Waals surface area contributed by atoms with Crippen molar-refractivity contribution in [1.82, 2.24) is 0 Å². The summed E-state index contributed by atoms with van der Waals surface area (Å²) in [5.41, 5.74) is 3.63. The van der Waals surface area contributed by atoms with E-state index in [0.717, 1.165) is 12.3 Å². The highest BCUT2D eigenvalue weighted by molar-refractivity contribution is 5.38. The summed E-state index contributed by atoms with van der Waals surface area (Å²) in [5.74, 6) is 1.82. The Morgan fingerprint density at radius 3 is 3.00 bits per heavy atom. The first-order valence-corrected chi connectivity index (χ1v) is 6.72. The maximum Gasteiger partial charge on any atom is 0.119 e. The zero-order valence-electron chi connectivity index (χ0n) is 10.8. The Labute approximate surface area is 103 Å². The van der Waals surface area contributed by atoms with E-state index in [1.54, 1.807) is 5.57 Å². The number of aliphatic hydroxyl groups excluding tert-OH is 1. The van der Waals surface area contributed by atoms with Crippen LogP contribution in [0.1, 0.15) is 33.1 Å². The summed E-state index contributed by atoms with van der Waals surface area (Å²) in [7, 11) is 0. The van der Waals surface area contributed by atoms with Gasteiger partial charge in [0.25, 0.3) is 0 Å². The van der Waals surface area contributed by atoms with Crippen molar-refractivity contribution in [3.8, 4) is 0 Å². The Morgan fingerprint density at radius 2 is 2.29 bits per heavy atom. The van der Waals surface area contributed by atoms with Gasteiger partial charge < -0.3 is 9.84 Å². The maximum absolute atomic E-state index is 9.83. The van der Waals surface area contributed by atoms with Gasteiger partial charge in [-0.15, -0.1) is 0 Å². The second-order valence-corrected chi connectivity index (χ2v) is 6.06. The first-order chi connectivity index (χ1) is 8.10. The zero-order valence-corrected chi connectivity index (χ0v) is 10.8. The highest BCUT2D eigenvalue weighted by Crippen LogP contribution is 2.55. The van der Waals surface area contributed by atoms with Gasteiger partial charge in [0.1, 0.15) is 5.60 Å². The van der Waals surface area contributed by atoms with Crippen LogP contribution >= 0.6 is 0 Å². The molecule has 0 spiro atoms. The smallest absolute Gasteiger partial charge is 0.119 e. The molecule has 1 heterocycles. The van der Waals surface area contributed by atoms with Crippen LogP contribution in [0.15, 0.2) is 23.3 Å². The highest BCUT2D eigenvalue weighted by Gasteiger charge is 2.53. The van der Waals surface area contributed by atoms with Gasteiger partial charge in [-0.25, -0.2) is 0 Å². The molecular weight excluding hydrogens is 212 g/mol. The molecule has 4 atom stereocenters. The largest absolute Gasteiger partial charge is 0.393 e. The molecule has 1 N–H and O–H groups in total. The predicted molar refractivity (Wildman–Crippen MR) is 67.6 cm³/mol. The van der Waals surface area contributed by atoms with Gasteiger partial charge in [0.2, 0.25) is 0 Å². The van der Waals surface area contributed by atoms with Crippen molar-refractivity contribution in [1.29, 1.82) is 0 Å². The molecular formula is C15H22O2. The average molecular weight is 234 g/mol. The molecule has 1 saturated carbocycles. The lowest BCUT2D eigenvalue weighted by molar-refractivity contribution is -0.0436. The Morgan fingerprint density at radius 1 is 1.53 bits per heavy atom. The van der Waals surface area contributed by atoms with Gasteiger partial charge in [-0.2, -0.15) is 0 Å². The third-order valence-corrected chi connectivity index (χ3v) is 5.42. The molecule has 2 heteroatoms. The lowest BCUT2D eigenvalue weighted by atomic mass is 9.66. The molecule has 2 aliphatic carbocycles. The molecule has 94 valence electrons. The van der Waals surface area contributed by atoms with Crippen molar-refractivity contribution >= 4 is 0 Å². The quantitative estimate of drug-likeness (QED) is 0.707. The molecule has 2 fully saturated rings. The molecule has 0 aromatic rings. The first kappa shape index (κ1) is 11.5. The number of aliphatic hydroxyl groups is 1. The van der Waals surface area contributed by atoms with E-state index in [1.165, 1.54) is 24.0 Å². The molecule has 0 bridgehead atoms. The molecule has 0 aromatic carbocycles. The Bertz CT molecular complexity index is 396. The lowest BCUT2D eigenvalue weighted by Gasteiger charge is -2.42. The molecule has 3 rings (SSSR count). The van der Waals surface area contributed by atoms with Crippen molar-refractivity contribution in [3.05, 3.63) is 23.3 Å². The Balaban J connectivity index is 2.09. The SMILES string of the molecule is C=C1CO[C@]2(CO)C(C)=C3CC[C@H](C)[C@@H]3C[C@H]12. The first-order valence-electron chi connectivity index (χ1n) is 6.72. The summed E-state index contributed by atoms with van der Waals surface area (Å²) in [6.45, 7) is 9.40. The van der Waals surface area contributed by atoms with Gasteiger partial charge in [-0.3, -0.25) is 0 Å². The predicted octanol–water partition coefficient (Wildman–Crippen LogP) is 2.69. The van der Waals surface area contributed by atoms with E-state index in [-0.39, 0.29) is 6.61 Å². The number of hydrogen-bond acceptors (Lipinski definition) is 2. The number of fused-ring (bicyclic) bond motifs is 2. The summed E-state index contributed by atoms with van der Waals surface area (Å²) in [4.78, 5) is 0. The Hall–Kier alpha value is -0.600. The zero-order chi connectivity index (χ0) is 12.2. The standard InChI is InChI=1S/C15H22O2/c1-9-4-5-12-11(3)15(8-16)14(6-13(9)12)10(2)7-17-15/h9,13-14,16H,2,4-8H2,1,3H3/t9-,13-,14+,15+/m0/s1. The van der Waals surface area contributed by atoms with E-state index in [0.29, 0.717) is 18.4 Å². The molecule has 0 radical (unpaired) electrons. The monoisotopic (exact) mass is 234 g/mol. The number of allylic oxidation sites excluding steroid dienone is 1. The van der Waals surface area contributed by atoms with Crippen molar-refractivity contribution < 1.29 is 9.84 Å². The van der Waals surface area contributed by atoms with Crippen LogP contribution < -0.4 is 0 Å². The number of rotatable bonds is 1. The van der Waals surface area contributed by atoms with E-state index in [2.05, 4.69) is 20.4 Å². The average Bonchev–Trinajstić information content (AvgIpc) is 2.85. The fourth-order valence-electron chi connectivity index (χ4n) is 4.23. The van der Waals surface area contributed by atoms with Crippen molar-refractivity contribution in [2.75, 3.05) is 13.2 Å². The fourth-order valence-corrected chi connectivity index (χ4v) is 4.23. The molecule has 1 saturated heterocycles. The summed E-state index contributed by atoms with van der Waals surface area (Å²) >= 11 is 0. The van der Waals surface area contributed by atoms with E-state index < -0.39 is 5.60 Å². The van der Waals surface area contributed by atoms with Gasteiger partial charge >= 0.3 is 0 Å². The van der Waals surface area contributed by atoms with E-state index in [9.17, 15) is 5.11 Å². The van der Waals surface area contributed by atoms with Crippen LogP contribution in [0, 0.1) is 17.8 Å². The third kappa shape index (κ3) is 1.34. The van der Waals surface area contributed by atoms with Crippen molar-refractivity contribution in [3.63, 3.8) is 0 Å².